The number of rotatable bonds is 1. The number of hydrogen-bond donors (Lipinski definition) is 0. The molecule has 0 saturated carbocycles. The highest BCUT2D eigenvalue weighted by Gasteiger charge is 1.89. The van der Waals surface area contributed by atoms with E-state index >= 15 is 0 Å². The Morgan fingerprint density at radius 2 is 2.10 bits per heavy atom. The van der Waals surface area contributed by atoms with Crippen molar-refractivity contribution in [2.45, 2.75) is 20.3 Å². The lowest BCUT2D eigenvalue weighted by molar-refractivity contribution is -0.269. The lowest BCUT2D eigenvalue weighted by atomic mass is 10.1. The molecule has 1 heteroatoms. The van der Waals surface area contributed by atoms with Crippen molar-refractivity contribution in [3.05, 3.63) is 29.3 Å². The molecular weight excluding hydrogens is 124 g/mol. The third-order valence-corrected chi connectivity index (χ3v) is 1.60. The maximum Gasteiger partial charge on any atom is -0.0313 e. The van der Waals surface area contributed by atoms with Crippen molar-refractivity contribution in [3.63, 3.8) is 0 Å². The molecule has 0 aliphatic carbocycles. The zero-order valence-corrected chi connectivity index (χ0v) is 6.35. The lowest BCUT2D eigenvalue weighted by Gasteiger charge is -2.11. The van der Waals surface area contributed by atoms with Crippen LogP contribution in [0.2, 0.25) is 0 Å². The zero-order valence-electron chi connectivity index (χ0n) is 6.35. The molecule has 0 atom stereocenters. The molecule has 54 valence electrons. The Bertz CT molecular complexity index is 228. The Labute approximate surface area is 61.3 Å². The molecule has 0 aliphatic heterocycles. The minimum Gasteiger partial charge on any atom is -0.872 e. The van der Waals surface area contributed by atoms with E-state index in [1.54, 1.807) is 6.07 Å². The van der Waals surface area contributed by atoms with E-state index in [1.807, 2.05) is 26.0 Å². The highest BCUT2D eigenvalue weighted by Crippen LogP contribution is 2.14. The van der Waals surface area contributed by atoms with Gasteiger partial charge in [-0.05, 0) is 13.3 Å². The largest absolute Gasteiger partial charge is 0.872 e. The van der Waals surface area contributed by atoms with Gasteiger partial charge < -0.3 is 5.11 Å². The monoisotopic (exact) mass is 135 g/mol. The average molecular weight is 135 g/mol. The SMILES string of the molecule is CCc1cc(C)ccc1[O-]. The van der Waals surface area contributed by atoms with Crippen LogP contribution in [0.5, 0.6) is 5.75 Å². The van der Waals surface area contributed by atoms with Crippen molar-refractivity contribution in [1.82, 2.24) is 0 Å². The molecule has 0 N–H and O–H groups in total. The first-order valence-electron chi connectivity index (χ1n) is 3.50. The Balaban J connectivity index is 3.09. The summed E-state index contributed by atoms with van der Waals surface area (Å²) < 4.78 is 0. The van der Waals surface area contributed by atoms with Crippen molar-refractivity contribution < 1.29 is 5.11 Å². The van der Waals surface area contributed by atoms with Gasteiger partial charge in [-0.15, -0.1) is 5.75 Å². The van der Waals surface area contributed by atoms with E-state index in [0.717, 1.165) is 17.5 Å². The number of benzene rings is 1. The van der Waals surface area contributed by atoms with Crippen LogP contribution < -0.4 is 5.11 Å². The molecule has 0 radical (unpaired) electrons. The molecular formula is C9H11O-. The van der Waals surface area contributed by atoms with Gasteiger partial charge >= 0.3 is 0 Å². The third kappa shape index (κ3) is 1.29. The summed E-state index contributed by atoms with van der Waals surface area (Å²) in [5.74, 6) is 0.160. The van der Waals surface area contributed by atoms with Crippen LogP contribution >= 0.6 is 0 Å². The van der Waals surface area contributed by atoms with Gasteiger partial charge in [0.25, 0.3) is 0 Å². The number of aryl methyl sites for hydroxylation is 2. The molecule has 0 aromatic heterocycles. The van der Waals surface area contributed by atoms with Crippen molar-refractivity contribution >= 4 is 0 Å². The molecule has 1 aromatic rings. The molecule has 1 nitrogen and oxygen atoms in total. The van der Waals surface area contributed by atoms with Gasteiger partial charge in [-0.1, -0.05) is 36.2 Å². The molecule has 0 bridgehead atoms. The van der Waals surface area contributed by atoms with Crippen LogP contribution in [0, 0.1) is 6.92 Å². The van der Waals surface area contributed by atoms with Crippen LogP contribution in [-0.2, 0) is 6.42 Å². The van der Waals surface area contributed by atoms with Gasteiger partial charge in [0.05, 0.1) is 0 Å². The van der Waals surface area contributed by atoms with Crippen LogP contribution in [-0.4, -0.2) is 0 Å². The van der Waals surface area contributed by atoms with Crippen LogP contribution in [0.4, 0.5) is 0 Å². The van der Waals surface area contributed by atoms with Gasteiger partial charge in [-0.25, -0.2) is 0 Å². The molecule has 0 saturated heterocycles. The quantitative estimate of drug-likeness (QED) is 0.574. The fraction of sp³-hybridized carbons (Fsp3) is 0.333. The minimum absolute atomic E-state index is 0.160. The van der Waals surface area contributed by atoms with Crippen molar-refractivity contribution in [1.29, 1.82) is 0 Å². The second kappa shape index (κ2) is 2.74. The highest BCUT2D eigenvalue weighted by atomic mass is 16.3. The number of hydrogen-bond acceptors (Lipinski definition) is 1. The zero-order chi connectivity index (χ0) is 7.56. The second-order valence-electron chi connectivity index (χ2n) is 2.46. The van der Waals surface area contributed by atoms with Crippen molar-refractivity contribution in [3.8, 4) is 5.75 Å². The standard InChI is InChI=1S/C9H12O/c1-3-8-6-7(2)4-5-9(8)10/h4-6,10H,3H2,1-2H3/p-1. The first-order valence-corrected chi connectivity index (χ1v) is 3.50. The minimum atomic E-state index is 0.160. The molecule has 0 heterocycles. The molecule has 1 rings (SSSR count). The van der Waals surface area contributed by atoms with E-state index < -0.39 is 0 Å². The van der Waals surface area contributed by atoms with E-state index in [2.05, 4.69) is 0 Å². The Hall–Kier alpha value is -0.980. The second-order valence-corrected chi connectivity index (χ2v) is 2.46. The Kier molecular flexibility index (Phi) is 1.95. The molecule has 0 amide bonds. The van der Waals surface area contributed by atoms with E-state index in [1.165, 1.54) is 0 Å². The Morgan fingerprint density at radius 1 is 1.40 bits per heavy atom. The van der Waals surface area contributed by atoms with Crippen molar-refractivity contribution in [2.75, 3.05) is 0 Å². The van der Waals surface area contributed by atoms with E-state index in [4.69, 9.17) is 0 Å². The predicted molar refractivity (Wildman–Crippen MR) is 40.0 cm³/mol. The Morgan fingerprint density at radius 3 is 2.60 bits per heavy atom. The summed E-state index contributed by atoms with van der Waals surface area (Å²) in [7, 11) is 0. The average Bonchev–Trinajstić information content (AvgIpc) is 1.94. The molecule has 10 heavy (non-hydrogen) atoms. The maximum absolute atomic E-state index is 11.0. The van der Waals surface area contributed by atoms with Gasteiger partial charge in [-0.2, -0.15) is 0 Å². The lowest BCUT2D eigenvalue weighted by Crippen LogP contribution is -1.95. The first-order chi connectivity index (χ1) is 4.74. The van der Waals surface area contributed by atoms with E-state index in [0.29, 0.717) is 0 Å². The van der Waals surface area contributed by atoms with Gasteiger partial charge in [0.2, 0.25) is 0 Å². The molecule has 0 unspecified atom stereocenters. The van der Waals surface area contributed by atoms with E-state index in [9.17, 15) is 5.11 Å². The fourth-order valence-electron chi connectivity index (χ4n) is 0.985. The summed E-state index contributed by atoms with van der Waals surface area (Å²) in [6, 6.07) is 5.43. The van der Waals surface area contributed by atoms with Crippen LogP contribution in [0.1, 0.15) is 18.1 Å². The highest BCUT2D eigenvalue weighted by molar-refractivity contribution is 5.34. The van der Waals surface area contributed by atoms with Gasteiger partial charge in [0.1, 0.15) is 0 Å². The molecule has 0 fully saturated rings. The summed E-state index contributed by atoms with van der Waals surface area (Å²) in [6.07, 6.45) is 0.834. The fourth-order valence-corrected chi connectivity index (χ4v) is 0.985. The third-order valence-electron chi connectivity index (χ3n) is 1.60. The van der Waals surface area contributed by atoms with E-state index in [-0.39, 0.29) is 5.75 Å². The topological polar surface area (TPSA) is 23.1 Å². The van der Waals surface area contributed by atoms with Gasteiger partial charge in [0, 0.05) is 0 Å². The molecule has 0 spiro atoms. The van der Waals surface area contributed by atoms with Gasteiger partial charge in [0.15, 0.2) is 0 Å². The van der Waals surface area contributed by atoms with Crippen LogP contribution in [0.15, 0.2) is 18.2 Å². The van der Waals surface area contributed by atoms with Crippen LogP contribution in [0.25, 0.3) is 0 Å². The summed E-state index contributed by atoms with van der Waals surface area (Å²) in [5, 5.41) is 11.0. The van der Waals surface area contributed by atoms with Crippen LogP contribution in [0.3, 0.4) is 0 Å². The molecule has 1 aromatic carbocycles. The molecule has 0 aliphatic rings. The normalized spacial score (nSPS) is 9.80. The van der Waals surface area contributed by atoms with Gasteiger partial charge in [-0.3, -0.25) is 0 Å². The smallest absolute Gasteiger partial charge is 0.0313 e. The summed E-state index contributed by atoms with van der Waals surface area (Å²) in [4.78, 5) is 0. The van der Waals surface area contributed by atoms with Crippen molar-refractivity contribution in [2.24, 2.45) is 0 Å². The summed E-state index contributed by atoms with van der Waals surface area (Å²) in [5.41, 5.74) is 2.08. The summed E-state index contributed by atoms with van der Waals surface area (Å²) >= 11 is 0. The first kappa shape index (κ1) is 7.13. The predicted octanol–water partition coefficient (Wildman–Crippen LogP) is 1.63. The maximum atomic E-state index is 11.0. The summed E-state index contributed by atoms with van der Waals surface area (Å²) in [6.45, 7) is 3.99.